The van der Waals surface area contributed by atoms with Crippen LogP contribution in [-0.2, 0) is 0 Å². The molecule has 1 saturated carbocycles. The molecule has 0 aliphatic heterocycles. The Bertz CT molecular complexity index is 492. The summed E-state index contributed by atoms with van der Waals surface area (Å²) in [4.78, 5) is 12.4. The number of nitrogens with one attached hydrogen (secondary N) is 1. The number of carbonyl (C=O) groups excluding carboxylic acids is 1. The molecule has 5 heteroatoms. The Balaban J connectivity index is 2.04. The first kappa shape index (κ1) is 17.0. The minimum Gasteiger partial charge on any atom is -0.396 e. The molecular formula is C17H29N3O2. The Morgan fingerprint density at radius 3 is 2.59 bits per heavy atom. The highest BCUT2D eigenvalue weighted by atomic mass is 16.3. The van der Waals surface area contributed by atoms with Crippen molar-refractivity contribution < 1.29 is 9.90 Å². The summed E-state index contributed by atoms with van der Waals surface area (Å²) in [6.45, 7) is 6.67. The highest BCUT2D eigenvalue weighted by Gasteiger charge is 2.27. The summed E-state index contributed by atoms with van der Waals surface area (Å²) < 4.78 is 2.01. The second-order valence-electron chi connectivity index (χ2n) is 6.57. The van der Waals surface area contributed by atoms with E-state index in [4.69, 9.17) is 0 Å². The van der Waals surface area contributed by atoms with Crippen LogP contribution in [0.2, 0.25) is 0 Å². The van der Waals surface area contributed by atoms with Gasteiger partial charge in [0.15, 0.2) is 0 Å². The smallest absolute Gasteiger partial charge is 0.254 e. The van der Waals surface area contributed by atoms with E-state index in [1.807, 2.05) is 11.6 Å². The molecule has 2 rings (SSSR count). The van der Waals surface area contributed by atoms with Crippen molar-refractivity contribution in [1.82, 2.24) is 15.1 Å². The number of hydrogen-bond donors (Lipinski definition) is 2. The second-order valence-corrected chi connectivity index (χ2v) is 6.57. The van der Waals surface area contributed by atoms with Crippen LogP contribution < -0.4 is 5.32 Å². The third-order valence-electron chi connectivity index (χ3n) is 5.42. The molecule has 124 valence electrons. The van der Waals surface area contributed by atoms with Crippen LogP contribution >= 0.6 is 0 Å². The van der Waals surface area contributed by atoms with Gasteiger partial charge in [-0.05, 0) is 32.6 Å². The second kappa shape index (κ2) is 7.27. The van der Waals surface area contributed by atoms with Gasteiger partial charge in [0.25, 0.3) is 5.91 Å². The number of aliphatic hydroxyl groups is 1. The predicted octanol–water partition coefficient (Wildman–Crippen LogP) is 2.84. The molecule has 1 fully saturated rings. The highest BCUT2D eigenvalue weighted by Crippen LogP contribution is 2.30. The molecule has 0 spiro atoms. The van der Waals surface area contributed by atoms with Crippen LogP contribution in [0.4, 0.5) is 0 Å². The van der Waals surface area contributed by atoms with E-state index in [1.165, 1.54) is 12.8 Å². The van der Waals surface area contributed by atoms with Crippen LogP contribution in [0, 0.1) is 12.3 Å². The SMILES string of the molecule is CCC(CC)(CO)CNC(=O)c1cnn(C2CCCC2)c1C. The molecule has 5 nitrogen and oxygen atoms in total. The van der Waals surface area contributed by atoms with Gasteiger partial charge in [0.1, 0.15) is 0 Å². The number of aliphatic hydroxyl groups excluding tert-OH is 1. The summed E-state index contributed by atoms with van der Waals surface area (Å²) in [5.74, 6) is -0.0820. The third-order valence-corrected chi connectivity index (χ3v) is 5.42. The molecule has 1 amide bonds. The Labute approximate surface area is 133 Å². The zero-order valence-electron chi connectivity index (χ0n) is 14.1. The van der Waals surface area contributed by atoms with E-state index in [1.54, 1.807) is 6.20 Å². The van der Waals surface area contributed by atoms with Gasteiger partial charge >= 0.3 is 0 Å². The largest absolute Gasteiger partial charge is 0.396 e. The van der Waals surface area contributed by atoms with Crippen LogP contribution in [0.15, 0.2) is 6.20 Å². The average Bonchev–Trinajstić information content (AvgIpc) is 3.18. The van der Waals surface area contributed by atoms with Crippen LogP contribution in [-0.4, -0.2) is 33.9 Å². The maximum absolute atomic E-state index is 12.4. The summed E-state index contributed by atoms with van der Waals surface area (Å²) in [6.07, 6.45) is 8.18. The van der Waals surface area contributed by atoms with Gasteiger partial charge in [0.05, 0.1) is 24.4 Å². The van der Waals surface area contributed by atoms with Crippen molar-refractivity contribution >= 4 is 5.91 Å². The molecule has 1 aliphatic rings. The molecule has 0 unspecified atom stereocenters. The molecule has 1 aliphatic carbocycles. The minimum absolute atomic E-state index is 0.0820. The molecule has 1 heterocycles. The lowest BCUT2D eigenvalue weighted by molar-refractivity contribution is 0.0850. The number of aromatic nitrogens is 2. The van der Waals surface area contributed by atoms with E-state index in [2.05, 4.69) is 24.3 Å². The fourth-order valence-corrected chi connectivity index (χ4v) is 3.31. The average molecular weight is 307 g/mol. The van der Waals surface area contributed by atoms with E-state index in [0.29, 0.717) is 18.2 Å². The normalized spacial score (nSPS) is 16.2. The van der Waals surface area contributed by atoms with Gasteiger partial charge in [-0.2, -0.15) is 5.10 Å². The fraction of sp³-hybridized carbons (Fsp3) is 0.765. The van der Waals surface area contributed by atoms with E-state index in [0.717, 1.165) is 31.4 Å². The van der Waals surface area contributed by atoms with E-state index < -0.39 is 0 Å². The summed E-state index contributed by atoms with van der Waals surface area (Å²) in [5, 5.41) is 17.0. The van der Waals surface area contributed by atoms with Crippen molar-refractivity contribution in [2.45, 2.75) is 65.3 Å². The van der Waals surface area contributed by atoms with Crippen LogP contribution in [0.25, 0.3) is 0 Å². The van der Waals surface area contributed by atoms with E-state index >= 15 is 0 Å². The Morgan fingerprint density at radius 1 is 1.41 bits per heavy atom. The van der Waals surface area contributed by atoms with Crippen molar-refractivity contribution in [3.8, 4) is 0 Å². The lowest BCUT2D eigenvalue weighted by atomic mass is 9.83. The monoisotopic (exact) mass is 307 g/mol. The van der Waals surface area contributed by atoms with Crippen molar-refractivity contribution in [2.75, 3.05) is 13.2 Å². The number of rotatable bonds is 7. The van der Waals surface area contributed by atoms with Gasteiger partial charge in [-0.15, -0.1) is 0 Å². The zero-order valence-corrected chi connectivity index (χ0v) is 14.1. The highest BCUT2D eigenvalue weighted by molar-refractivity contribution is 5.95. The van der Waals surface area contributed by atoms with Crippen molar-refractivity contribution in [3.05, 3.63) is 17.5 Å². The maximum Gasteiger partial charge on any atom is 0.254 e. The standard InChI is InChI=1S/C17H29N3O2/c1-4-17(5-2,12-21)11-18-16(22)15-10-19-20(13(15)3)14-8-6-7-9-14/h10,14,21H,4-9,11-12H2,1-3H3,(H,18,22). The van der Waals surface area contributed by atoms with Crippen molar-refractivity contribution in [1.29, 1.82) is 0 Å². The molecule has 22 heavy (non-hydrogen) atoms. The van der Waals surface area contributed by atoms with E-state index in [9.17, 15) is 9.90 Å². The van der Waals surface area contributed by atoms with Gasteiger partial charge in [0.2, 0.25) is 0 Å². The van der Waals surface area contributed by atoms with Crippen LogP contribution in [0.3, 0.4) is 0 Å². The summed E-state index contributed by atoms with van der Waals surface area (Å²) in [5.41, 5.74) is 1.39. The quantitative estimate of drug-likeness (QED) is 0.814. The van der Waals surface area contributed by atoms with Crippen LogP contribution in [0.5, 0.6) is 0 Å². The molecular weight excluding hydrogens is 278 g/mol. The van der Waals surface area contributed by atoms with Gasteiger partial charge in [-0.25, -0.2) is 0 Å². The lowest BCUT2D eigenvalue weighted by Crippen LogP contribution is -2.39. The molecule has 1 aromatic heterocycles. The molecule has 0 bridgehead atoms. The summed E-state index contributed by atoms with van der Waals surface area (Å²) in [7, 11) is 0. The number of amides is 1. The molecule has 0 aromatic carbocycles. The maximum atomic E-state index is 12.4. The van der Waals surface area contributed by atoms with Gasteiger partial charge in [-0.1, -0.05) is 26.7 Å². The Kier molecular flexibility index (Phi) is 5.62. The molecule has 2 N–H and O–H groups in total. The first-order valence-electron chi connectivity index (χ1n) is 8.50. The Hall–Kier alpha value is -1.36. The molecule has 0 saturated heterocycles. The summed E-state index contributed by atoms with van der Waals surface area (Å²) >= 11 is 0. The third kappa shape index (κ3) is 3.35. The molecule has 0 atom stereocenters. The first-order valence-corrected chi connectivity index (χ1v) is 8.50. The fourth-order valence-electron chi connectivity index (χ4n) is 3.31. The number of carbonyl (C=O) groups is 1. The summed E-state index contributed by atoms with van der Waals surface area (Å²) in [6, 6.07) is 0.448. The first-order chi connectivity index (χ1) is 10.6. The van der Waals surface area contributed by atoms with Crippen LogP contribution in [0.1, 0.15) is 74.5 Å². The van der Waals surface area contributed by atoms with Gasteiger partial charge < -0.3 is 10.4 Å². The topological polar surface area (TPSA) is 67.2 Å². The molecule has 1 aromatic rings. The zero-order chi connectivity index (χ0) is 16.2. The lowest BCUT2D eigenvalue weighted by Gasteiger charge is -2.29. The van der Waals surface area contributed by atoms with E-state index in [-0.39, 0.29) is 17.9 Å². The van der Waals surface area contributed by atoms with Crippen molar-refractivity contribution in [3.63, 3.8) is 0 Å². The predicted molar refractivity (Wildman–Crippen MR) is 86.9 cm³/mol. The van der Waals surface area contributed by atoms with Gasteiger partial charge in [0, 0.05) is 17.7 Å². The molecule has 0 radical (unpaired) electrons. The minimum atomic E-state index is -0.217. The Morgan fingerprint density at radius 2 is 2.05 bits per heavy atom. The van der Waals surface area contributed by atoms with Crippen molar-refractivity contribution in [2.24, 2.45) is 5.41 Å². The number of nitrogens with zero attached hydrogens (tertiary/aromatic N) is 2. The van der Waals surface area contributed by atoms with Gasteiger partial charge in [-0.3, -0.25) is 9.48 Å². The number of hydrogen-bond acceptors (Lipinski definition) is 3.